The number of thiazole rings is 1. The first-order valence-corrected chi connectivity index (χ1v) is 7.05. The van der Waals surface area contributed by atoms with Crippen LogP contribution in [0, 0.1) is 12.8 Å². The molecule has 1 unspecified atom stereocenters. The molecule has 0 aliphatic carbocycles. The van der Waals surface area contributed by atoms with E-state index >= 15 is 0 Å². The normalized spacial score (nSPS) is 25.9. The fourth-order valence-corrected chi connectivity index (χ4v) is 3.64. The Morgan fingerprint density at radius 3 is 2.94 bits per heavy atom. The van der Waals surface area contributed by atoms with Gasteiger partial charge in [0.2, 0.25) is 0 Å². The van der Waals surface area contributed by atoms with Crippen LogP contribution in [0.1, 0.15) is 34.5 Å². The Bertz CT molecular complexity index is 364. The molecule has 2 aliphatic heterocycles. The van der Waals surface area contributed by atoms with E-state index in [1.807, 2.05) is 11.3 Å². The highest BCUT2D eigenvalue weighted by Gasteiger charge is 2.24. The predicted molar refractivity (Wildman–Crippen MR) is 66.9 cm³/mol. The lowest BCUT2D eigenvalue weighted by Crippen LogP contribution is -2.43. The van der Waals surface area contributed by atoms with Crippen molar-refractivity contribution in [3.63, 3.8) is 0 Å². The van der Waals surface area contributed by atoms with Gasteiger partial charge in [-0.15, -0.1) is 11.3 Å². The van der Waals surface area contributed by atoms with Crippen LogP contribution in [0.3, 0.4) is 0 Å². The molecule has 2 fully saturated rings. The first kappa shape index (κ1) is 10.7. The standard InChI is InChI=1S/C12H19N3S/c1-8-12(10-3-2-4-14-10)15-11(16-8)5-9-6-13-7-9/h9-10,13-14H,2-7H2,1H3. The second-order valence-corrected chi connectivity index (χ2v) is 6.21. The third-order valence-electron chi connectivity index (χ3n) is 3.60. The molecule has 1 atom stereocenters. The average molecular weight is 237 g/mol. The largest absolute Gasteiger partial charge is 0.316 e. The molecule has 0 spiro atoms. The van der Waals surface area contributed by atoms with Crippen molar-refractivity contribution in [3.8, 4) is 0 Å². The summed E-state index contributed by atoms with van der Waals surface area (Å²) < 4.78 is 0. The molecular weight excluding hydrogens is 218 g/mol. The Morgan fingerprint density at radius 2 is 2.31 bits per heavy atom. The van der Waals surface area contributed by atoms with E-state index in [4.69, 9.17) is 4.98 Å². The molecular formula is C12H19N3S. The van der Waals surface area contributed by atoms with Gasteiger partial charge in [0.05, 0.1) is 16.7 Å². The fourth-order valence-electron chi connectivity index (χ4n) is 2.53. The number of hydrogen-bond acceptors (Lipinski definition) is 4. The van der Waals surface area contributed by atoms with Crippen LogP contribution in [0.15, 0.2) is 0 Å². The molecule has 0 saturated carbocycles. The van der Waals surface area contributed by atoms with Crippen LogP contribution in [-0.2, 0) is 6.42 Å². The topological polar surface area (TPSA) is 37.0 Å². The first-order valence-electron chi connectivity index (χ1n) is 6.23. The van der Waals surface area contributed by atoms with Gasteiger partial charge in [0.25, 0.3) is 0 Å². The van der Waals surface area contributed by atoms with Crippen molar-refractivity contribution in [1.29, 1.82) is 0 Å². The maximum Gasteiger partial charge on any atom is 0.0935 e. The quantitative estimate of drug-likeness (QED) is 0.839. The maximum atomic E-state index is 4.84. The summed E-state index contributed by atoms with van der Waals surface area (Å²) >= 11 is 1.90. The van der Waals surface area contributed by atoms with Crippen molar-refractivity contribution in [3.05, 3.63) is 15.6 Å². The van der Waals surface area contributed by atoms with Crippen LogP contribution in [0.4, 0.5) is 0 Å². The van der Waals surface area contributed by atoms with Gasteiger partial charge in [0, 0.05) is 11.3 Å². The van der Waals surface area contributed by atoms with Gasteiger partial charge in [-0.2, -0.15) is 0 Å². The van der Waals surface area contributed by atoms with Crippen LogP contribution in [-0.4, -0.2) is 24.6 Å². The van der Waals surface area contributed by atoms with E-state index < -0.39 is 0 Å². The zero-order chi connectivity index (χ0) is 11.0. The lowest BCUT2D eigenvalue weighted by Gasteiger charge is -2.25. The predicted octanol–water partition coefficient (Wildman–Crippen LogP) is 1.64. The maximum absolute atomic E-state index is 4.84. The summed E-state index contributed by atoms with van der Waals surface area (Å²) in [6.45, 7) is 5.73. The summed E-state index contributed by atoms with van der Waals surface area (Å²) in [5, 5.41) is 8.20. The highest BCUT2D eigenvalue weighted by molar-refractivity contribution is 7.11. The second kappa shape index (κ2) is 4.43. The van der Waals surface area contributed by atoms with E-state index in [-0.39, 0.29) is 0 Å². The zero-order valence-electron chi connectivity index (χ0n) is 9.75. The van der Waals surface area contributed by atoms with Crippen molar-refractivity contribution in [1.82, 2.24) is 15.6 Å². The summed E-state index contributed by atoms with van der Waals surface area (Å²) in [6, 6.07) is 0.532. The van der Waals surface area contributed by atoms with E-state index in [0.29, 0.717) is 6.04 Å². The number of hydrogen-bond donors (Lipinski definition) is 2. The molecule has 1 aromatic rings. The van der Waals surface area contributed by atoms with Gasteiger partial charge in [-0.25, -0.2) is 4.98 Å². The van der Waals surface area contributed by atoms with Crippen molar-refractivity contribution < 1.29 is 0 Å². The minimum atomic E-state index is 0.532. The Hall–Kier alpha value is -0.450. The van der Waals surface area contributed by atoms with Gasteiger partial charge in [0.1, 0.15) is 0 Å². The number of aryl methyl sites for hydroxylation is 1. The molecule has 3 rings (SSSR count). The first-order chi connectivity index (χ1) is 7.83. The molecule has 88 valence electrons. The Morgan fingerprint density at radius 1 is 1.44 bits per heavy atom. The fraction of sp³-hybridized carbons (Fsp3) is 0.750. The average Bonchev–Trinajstić information content (AvgIpc) is 2.80. The van der Waals surface area contributed by atoms with Gasteiger partial charge < -0.3 is 10.6 Å². The van der Waals surface area contributed by atoms with Crippen LogP contribution >= 0.6 is 11.3 Å². The summed E-state index contributed by atoms with van der Waals surface area (Å²) in [5.41, 5.74) is 1.32. The summed E-state index contributed by atoms with van der Waals surface area (Å²) in [6.07, 6.45) is 3.73. The Kier molecular flexibility index (Phi) is 2.96. The summed E-state index contributed by atoms with van der Waals surface area (Å²) in [5.74, 6) is 0.829. The van der Waals surface area contributed by atoms with Crippen LogP contribution in [0.25, 0.3) is 0 Å². The number of nitrogens with one attached hydrogen (secondary N) is 2. The minimum absolute atomic E-state index is 0.532. The van der Waals surface area contributed by atoms with E-state index in [1.54, 1.807) is 0 Å². The molecule has 16 heavy (non-hydrogen) atoms. The molecule has 2 saturated heterocycles. The third kappa shape index (κ3) is 2.01. The van der Waals surface area contributed by atoms with Crippen molar-refractivity contribution >= 4 is 11.3 Å². The smallest absolute Gasteiger partial charge is 0.0935 e. The number of rotatable bonds is 3. The van der Waals surface area contributed by atoms with Crippen LogP contribution < -0.4 is 10.6 Å². The molecule has 0 amide bonds. The zero-order valence-corrected chi connectivity index (χ0v) is 10.6. The minimum Gasteiger partial charge on any atom is -0.316 e. The van der Waals surface area contributed by atoms with E-state index in [1.165, 1.54) is 47.9 Å². The van der Waals surface area contributed by atoms with E-state index in [9.17, 15) is 0 Å². The SMILES string of the molecule is Cc1sc(CC2CNC2)nc1C1CCCN1. The van der Waals surface area contributed by atoms with E-state index in [2.05, 4.69) is 17.6 Å². The number of nitrogens with zero attached hydrogens (tertiary/aromatic N) is 1. The van der Waals surface area contributed by atoms with Crippen LogP contribution in [0.5, 0.6) is 0 Å². The lowest BCUT2D eigenvalue weighted by atomic mass is 10.00. The van der Waals surface area contributed by atoms with Crippen molar-refractivity contribution in [2.75, 3.05) is 19.6 Å². The van der Waals surface area contributed by atoms with Gasteiger partial charge in [-0.3, -0.25) is 0 Å². The molecule has 3 nitrogen and oxygen atoms in total. The van der Waals surface area contributed by atoms with Gasteiger partial charge in [0.15, 0.2) is 0 Å². The molecule has 0 aromatic carbocycles. The molecule has 4 heteroatoms. The van der Waals surface area contributed by atoms with Gasteiger partial charge in [-0.1, -0.05) is 0 Å². The number of aromatic nitrogens is 1. The summed E-state index contributed by atoms with van der Waals surface area (Å²) in [4.78, 5) is 6.26. The molecule has 3 heterocycles. The molecule has 0 radical (unpaired) electrons. The Balaban J connectivity index is 1.72. The molecule has 2 N–H and O–H groups in total. The third-order valence-corrected chi connectivity index (χ3v) is 4.61. The van der Waals surface area contributed by atoms with Crippen LogP contribution in [0.2, 0.25) is 0 Å². The Labute approximate surface area is 101 Å². The molecule has 2 aliphatic rings. The highest BCUT2D eigenvalue weighted by Crippen LogP contribution is 2.29. The van der Waals surface area contributed by atoms with E-state index in [0.717, 1.165) is 12.5 Å². The van der Waals surface area contributed by atoms with Crippen molar-refractivity contribution in [2.24, 2.45) is 5.92 Å². The highest BCUT2D eigenvalue weighted by atomic mass is 32.1. The molecule has 0 bridgehead atoms. The monoisotopic (exact) mass is 237 g/mol. The summed E-state index contributed by atoms with van der Waals surface area (Å²) in [7, 11) is 0. The van der Waals surface area contributed by atoms with Gasteiger partial charge >= 0.3 is 0 Å². The molecule has 1 aromatic heterocycles. The lowest BCUT2D eigenvalue weighted by molar-refractivity contribution is 0.346. The van der Waals surface area contributed by atoms with Crippen molar-refractivity contribution in [2.45, 2.75) is 32.2 Å². The second-order valence-electron chi connectivity index (χ2n) is 4.93. The van der Waals surface area contributed by atoms with Gasteiger partial charge in [-0.05, 0) is 45.3 Å².